The van der Waals surface area contributed by atoms with Crippen molar-refractivity contribution in [2.75, 3.05) is 0 Å². The summed E-state index contributed by atoms with van der Waals surface area (Å²) >= 11 is 0. The number of halogens is 1. The normalized spacial score (nSPS) is 11.1. The molecule has 1 N–H and O–H groups in total. The molecule has 1 rings (SSSR count). The van der Waals surface area contributed by atoms with E-state index in [1.54, 1.807) is 6.07 Å². The molecule has 0 spiro atoms. The van der Waals surface area contributed by atoms with E-state index in [1.807, 2.05) is 20.8 Å². The van der Waals surface area contributed by atoms with Gasteiger partial charge in [0.05, 0.1) is 5.56 Å². The van der Waals surface area contributed by atoms with Crippen LogP contribution in [0.25, 0.3) is 0 Å². The van der Waals surface area contributed by atoms with Crippen LogP contribution in [0.2, 0.25) is 0 Å². The van der Waals surface area contributed by atoms with Crippen molar-refractivity contribution < 1.29 is 9.50 Å². The zero-order chi connectivity index (χ0) is 10.9. The zero-order valence-corrected chi connectivity index (χ0v) is 8.43. The molecular formula is C11H12FNO. The molecule has 2 nitrogen and oxygen atoms in total. The maximum absolute atomic E-state index is 13.2. The number of hydrogen-bond donors (Lipinski definition) is 1. The predicted molar refractivity (Wildman–Crippen MR) is 51.5 cm³/mol. The number of hydrogen-bond acceptors (Lipinski definition) is 2. The Morgan fingerprint density at radius 2 is 1.93 bits per heavy atom. The Balaban J connectivity index is 3.40. The van der Waals surface area contributed by atoms with Gasteiger partial charge in [-0.25, -0.2) is 4.39 Å². The van der Waals surface area contributed by atoms with Crippen molar-refractivity contribution in [2.24, 2.45) is 0 Å². The van der Waals surface area contributed by atoms with Gasteiger partial charge in [-0.05, 0) is 23.1 Å². The van der Waals surface area contributed by atoms with E-state index in [2.05, 4.69) is 0 Å². The Hall–Kier alpha value is -1.56. The van der Waals surface area contributed by atoms with E-state index >= 15 is 0 Å². The Labute approximate surface area is 82.6 Å². The highest BCUT2D eigenvalue weighted by Gasteiger charge is 2.18. The maximum atomic E-state index is 13.2. The third-order valence-electron chi connectivity index (χ3n) is 2.05. The Morgan fingerprint density at radius 1 is 1.36 bits per heavy atom. The number of nitrogens with zero attached hydrogens (tertiary/aromatic N) is 1. The molecule has 0 aliphatic heterocycles. The van der Waals surface area contributed by atoms with E-state index in [0.29, 0.717) is 5.56 Å². The SMILES string of the molecule is CC(C)(C)c1cc(F)c(O)c(C#N)c1. The lowest BCUT2D eigenvalue weighted by molar-refractivity contribution is 0.428. The smallest absolute Gasteiger partial charge is 0.169 e. The molecule has 0 bridgehead atoms. The standard InChI is InChI=1S/C11H12FNO/c1-11(2,3)8-4-7(6-13)10(14)9(12)5-8/h4-5,14H,1-3H3. The molecule has 1 aromatic rings. The topological polar surface area (TPSA) is 44.0 Å². The molecule has 0 atom stereocenters. The molecule has 74 valence electrons. The Kier molecular flexibility index (Phi) is 2.48. The minimum absolute atomic E-state index is 0.0186. The molecular weight excluding hydrogens is 181 g/mol. The van der Waals surface area contributed by atoms with Gasteiger partial charge in [-0.15, -0.1) is 0 Å². The minimum atomic E-state index is -0.742. The van der Waals surface area contributed by atoms with Crippen LogP contribution in [0.3, 0.4) is 0 Å². The van der Waals surface area contributed by atoms with Gasteiger partial charge in [-0.2, -0.15) is 5.26 Å². The van der Waals surface area contributed by atoms with Crippen LogP contribution in [0.5, 0.6) is 5.75 Å². The fourth-order valence-electron chi connectivity index (χ4n) is 1.12. The van der Waals surface area contributed by atoms with Crippen LogP contribution in [0.4, 0.5) is 4.39 Å². The summed E-state index contributed by atoms with van der Waals surface area (Å²) in [6.45, 7) is 5.75. The second kappa shape index (κ2) is 3.30. The fourth-order valence-corrected chi connectivity index (χ4v) is 1.12. The quantitative estimate of drug-likeness (QED) is 0.688. The molecule has 0 heterocycles. The lowest BCUT2D eigenvalue weighted by atomic mass is 9.86. The van der Waals surface area contributed by atoms with Gasteiger partial charge in [0.2, 0.25) is 0 Å². The van der Waals surface area contributed by atoms with Crippen molar-refractivity contribution in [2.45, 2.75) is 26.2 Å². The van der Waals surface area contributed by atoms with Crippen LogP contribution < -0.4 is 0 Å². The van der Waals surface area contributed by atoms with Crippen LogP contribution >= 0.6 is 0 Å². The number of rotatable bonds is 0. The average Bonchev–Trinajstić information content (AvgIpc) is 2.07. The first-order valence-corrected chi connectivity index (χ1v) is 4.29. The summed E-state index contributed by atoms with van der Waals surface area (Å²) in [6, 6.07) is 4.53. The number of phenolic OH excluding ortho intramolecular Hbond substituents is 1. The van der Waals surface area contributed by atoms with Crippen molar-refractivity contribution in [3.05, 3.63) is 29.1 Å². The molecule has 0 saturated carbocycles. The number of phenols is 1. The van der Waals surface area contributed by atoms with Gasteiger partial charge in [-0.3, -0.25) is 0 Å². The van der Waals surface area contributed by atoms with Gasteiger partial charge in [0.25, 0.3) is 0 Å². The second-order valence-electron chi connectivity index (χ2n) is 4.22. The number of benzene rings is 1. The highest BCUT2D eigenvalue weighted by Crippen LogP contribution is 2.29. The van der Waals surface area contributed by atoms with E-state index in [0.717, 1.165) is 0 Å². The van der Waals surface area contributed by atoms with Gasteiger partial charge >= 0.3 is 0 Å². The molecule has 0 aliphatic carbocycles. The monoisotopic (exact) mass is 193 g/mol. The van der Waals surface area contributed by atoms with Crippen LogP contribution in [0.1, 0.15) is 31.9 Å². The highest BCUT2D eigenvalue weighted by atomic mass is 19.1. The van der Waals surface area contributed by atoms with Crippen molar-refractivity contribution in [1.82, 2.24) is 0 Å². The van der Waals surface area contributed by atoms with E-state index in [4.69, 9.17) is 5.26 Å². The Bertz CT molecular complexity index is 399. The Morgan fingerprint density at radius 3 is 2.36 bits per heavy atom. The molecule has 3 heteroatoms. The summed E-state index contributed by atoms with van der Waals surface area (Å²) in [6.07, 6.45) is 0. The second-order valence-corrected chi connectivity index (χ2v) is 4.22. The average molecular weight is 193 g/mol. The molecule has 0 fully saturated rings. The molecule has 0 unspecified atom stereocenters. The molecule has 0 saturated heterocycles. The predicted octanol–water partition coefficient (Wildman–Crippen LogP) is 2.70. The van der Waals surface area contributed by atoms with Crippen molar-refractivity contribution in [3.63, 3.8) is 0 Å². The van der Waals surface area contributed by atoms with Gasteiger partial charge in [-0.1, -0.05) is 20.8 Å². The van der Waals surface area contributed by atoms with Gasteiger partial charge in [0, 0.05) is 0 Å². The van der Waals surface area contributed by atoms with E-state index in [1.165, 1.54) is 12.1 Å². The summed E-state index contributed by atoms with van der Waals surface area (Å²) in [4.78, 5) is 0. The van der Waals surface area contributed by atoms with E-state index in [-0.39, 0.29) is 11.0 Å². The summed E-state index contributed by atoms with van der Waals surface area (Å²) in [5.74, 6) is -1.31. The van der Waals surface area contributed by atoms with Crippen molar-refractivity contribution in [3.8, 4) is 11.8 Å². The summed E-state index contributed by atoms with van der Waals surface area (Å²) in [7, 11) is 0. The van der Waals surface area contributed by atoms with Crippen LogP contribution in [-0.2, 0) is 5.41 Å². The first-order chi connectivity index (χ1) is 6.36. The van der Waals surface area contributed by atoms with Gasteiger partial charge in [0.15, 0.2) is 11.6 Å². The minimum Gasteiger partial charge on any atom is -0.504 e. The molecule has 1 aromatic carbocycles. The van der Waals surface area contributed by atoms with Gasteiger partial charge < -0.3 is 5.11 Å². The molecule has 14 heavy (non-hydrogen) atoms. The largest absolute Gasteiger partial charge is 0.504 e. The third-order valence-corrected chi connectivity index (χ3v) is 2.05. The number of nitriles is 1. The zero-order valence-electron chi connectivity index (χ0n) is 8.43. The maximum Gasteiger partial charge on any atom is 0.169 e. The lowest BCUT2D eigenvalue weighted by Gasteiger charge is -2.19. The van der Waals surface area contributed by atoms with E-state index in [9.17, 15) is 9.50 Å². The lowest BCUT2D eigenvalue weighted by Crippen LogP contribution is -2.11. The first-order valence-electron chi connectivity index (χ1n) is 4.29. The molecule has 0 aliphatic rings. The van der Waals surface area contributed by atoms with Crippen molar-refractivity contribution in [1.29, 1.82) is 5.26 Å². The molecule has 0 amide bonds. The van der Waals surface area contributed by atoms with Crippen LogP contribution in [0.15, 0.2) is 12.1 Å². The fraction of sp³-hybridized carbons (Fsp3) is 0.364. The molecule has 0 aromatic heterocycles. The van der Waals surface area contributed by atoms with Crippen LogP contribution in [-0.4, -0.2) is 5.11 Å². The summed E-state index contributed by atoms with van der Waals surface area (Å²) < 4.78 is 13.2. The first kappa shape index (κ1) is 10.5. The van der Waals surface area contributed by atoms with Gasteiger partial charge in [0.1, 0.15) is 6.07 Å². The van der Waals surface area contributed by atoms with E-state index < -0.39 is 11.6 Å². The van der Waals surface area contributed by atoms with Crippen molar-refractivity contribution >= 4 is 0 Å². The van der Waals surface area contributed by atoms with Crippen LogP contribution in [0, 0.1) is 17.1 Å². The summed E-state index contributed by atoms with van der Waals surface area (Å²) in [5.41, 5.74) is 0.444. The number of aromatic hydroxyl groups is 1. The highest BCUT2D eigenvalue weighted by molar-refractivity contribution is 5.47. The molecule has 0 radical (unpaired) electrons. The summed E-state index contributed by atoms with van der Waals surface area (Å²) in [5, 5.41) is 17.8. The third kappa shape index (κ3) is 1.85.